The summed E-state index contributed by atoms with van der Waals surface area (Å²) in [6, 6.07) is 8.23. The van der Waals surface area contributed by atoms with Crippen molar-refractivity contribution in [1.29, 1.82) is 0 Å². The van der Waals surface area contributed by atoms with Crippen molar-refractivity contribution in [2.45, 2.75) is 43.7 Å². The molecule has 0 aromatic carbocycles. The van der Waals surface area contributed by atoms with E-state index < -0.39 is 0 Å². The fourth-order valence-corrected chi connectivity index (χ4v) is 4.56. The minimum absolute atomic E-state index is 0.667. The topological polar surface area (TPSA) is 16.1 Å². The van der Waals surface area contributed by atoms with Crippen LogP contribution in [0.3, 0.4) is 0 Å². The lowest BCUT2D eigenvalue weighted by Crippen LogP contribution is -2.39. The van der Waals surface area contributed by atoms with Crippen LogP contribution in [0, 0.1) is 0 Å². The zero-order valence-corrected chi connectivity index (χ0v) is 12.6. The van der Waals surface area contributed by atoms with Crippen LogP contribution in [0.4, 0.5) is 0 Å². The van der Waals surface area contributed by atoms with Crippen LogP contribution < -0.4 is 0 Å². The van der Waals surface area contributed by atoms with Gasteiger partial charge in [-0.25, -0.2) is 0 Å². The van der Waals surface area contributed by atoms with Crippen LogP contribution in [0.25, 0.3) is 11.1 Å². The van der Waals surface area contributed by atoms with Gasteiger partial charge in [0.15, 0.2) is 0 Å². The molecular weight excluding hydrogens is 264 g/mol. The molecule has 2 saturated heterocycles. The number of fused-ring (bicyclic) bond motifs is 2. The molecule has 104 valence electrons. The number of hydrogen-bond acceptors (Lipinski definition) is 3. The normalized spacial score (nSPS) is 29.8. The first-order chi connectivity index (χ1) is 9.81. The summed E-state index contributed by atoms with van der Waals surface area (Å²) in [7, 11) is 2.30. The van der Waals surface area contributed by atoms with E-state index in [1.807, 2.05) is 0 Å². The Hall–Kier alpha value is -1.19. The number of hydrogen-bond donors (Lipinski definition) is 0. The van der Waals surface area contributed by atoms with Crippen molar-refractivity contribution in [2.24, 2.45) is 0 Å². The summed E-state index contributed by atoms with van der Waals surface area (Å²) in [5.74, 6) is 0.667. The van der Waals surface area contributed by atoms with Gasteiger partial charge in [0.2, 0.25) is 0 Å². The summed E-state index contributed by atoms with van der Waals surface area (Å²) in [6.07, 6.45) is 7.39. The number of nitrogens with zero attached hydrogens (tertiary/aromatic N) is 2. The van der Waals surface area contributed by atoms with Gasteiger partial charge in [-0.3, -0.25) is 4.98 Å². The lowest BCUT2D eigenvalue weighted by molar-refractivity contribution is 0.160. The van der Waals surface area contributed by atoms with Gasteiger partial charge in [0.1, 0.15) is 0 Å². The first-order valence-corrected chi connectivity index (χ1v) is 8.46. The van der Waals surface area contributed by atoms with Crippen LogP contribution in [-0.2, 0) is 0 Å². The van der Waals surface area contributed by atoms with Crippen LogP contribution in [0.1, 0.15) is 37.3 Å². The molecule has 2 fully saturated rings. The maximum Gasteiger partial charge on any atom is 0.0436 e. The van der Waals surface area contributed by atoms with E-state index in [0.29, 0.717) is 5.92 Å². The van der Waals surface area contributed by atoms with E-state index in [0.717, 1.165) is 12.1 Å². The Balaban J connectivity index is 1.55. The van der Waals surface area contributed by atoms with E-state index in [1.165, 1.54) is 42.5 Å². The van der Waals surface area contributed by atoms with Crippen molar-refractivity contribution in [1.82, 2.24) is 9.88 Å². The highest BCUT2D eigenvalue weighted by Crippen LogP contribution is 2.41. The Kier molecular flexibility index (Phi) is 3.12. The van der Waals surface area contributed by atoms with E-state index >= 15 is 0 Å². The third kappa shape index (κ3) is 2.09. The highest BCUT2D eigenvalue weighted by atomic mass is 32.1. The zero-order chi connectivity index (χ0) is 13.5. The zero-order valence-electron chi connectivity index (χ0n) is 11.8. The fraction of sp³-hybridized carbons (Fsp3) is 0.471. The van der Waals surface area contributed by atoms with E-state index in [-0.39, 0.29) is 0 Å². The number of pyridine rings is 1. The van der Waals surface area contributed by atoms with Gasteiger partial charge < -0.3 is 4.90 Å². The molecule has 2 atom stereocenters. The van der Waals surface area contributed by atoms with Crippen molar-refractivity contribution in [3.8, 4) is 11.1 Å². The Morgan fingerprint density at radius 2 is 1.90 bits per heavy atom. The largest absolute Gasteiger partial charge is 0.300 e. The highest BCUT2D eigenvalue weighted by molar-refractivity contribution is 7.08. The molecule has 0 N–H and O–H groups in total. The molecule has 2 aromatic rings. The van der Waals surface area contributed by atoms with E-state index in [1.54, 1.807) is 11.3 Å². The van der Waals surface area contributed by atoms with Crippen LogP contribution in [-0.4, -0.2) is 29.0 Å². The molecule has 0 aliphatic carbocycles. The molecule has 2 nitrogen and oxygen atoms in total. The van der Waals surface area contributed by atoms with E-state index in [9.17, 15) is 0 Å². The SMILES string of the molecule is CN1C2CCC1CC(c1ccc(-c3ccsc3)cn1)C2. The van der Waals surface area contributed by atoms with Crippen LogP contribution in [0.15, 0.2) is 35.2 Å². The predicted octanol–water partition coefficient (Wildman–Crippen LogP) is 4.15. The van der Waals surface area contributed by atoms with Crippen LogP contribution in [0.2, 0.25) is 0 Å². The summed E-state index contributed by atoms with van der Waals surface area (Å²) in [5, 5.41) is 4.31. The molecule has 4 heterocycles. The maximum absolute atomic E-state index is 4.77. The summed E-state index contributed by atoms with van der Waals surface area (Å²) in [5.41, 5.74) is 3.83. The minimum atomic E-state index is 0.667. The average Bonchev–Trinajstić information content (AvgIpc) is 3.06. The number of thiophene rings is 1. The Bertz CT molecular complexity index is 562. The second kappa shape index (κ2) is 4.97. The molecule has 0 amide bonds. The molecule has 2 unspecified atom stereocenters. The van der Waals surface area contributed by atoms with Gasteiger partial charge >= 0.3 is 0 Å². The van der Waals surface area contributed by atoms with E-state index in [2.05, 4.69) is 47.1 Å². The Morgan fingerprint density at radius 3 is 2.50 bits per heavy atom. The van der Waals surface area contributed by atoms with Gasteiger partial charge in [-0.2, -0.15) is 11.3 Å². The van der Waals surface area contributed by atoms with Gasteiger partial charge in [-0.05, 0) is 61.2 Å². The summed E-state index contributed by atoms with van der Waals surface area (Å²) < 4.78 is 0. The molecule has 0 spiro atoms. The van der Waals surface area contributed by atoms with Crippen molar-refractivity contribution < 1.29 is 0 Å². The third-order valence-corrected chi connectivity index (χ3v) is 5.84. The lowest BCUT2D eigenvalue weighted by atomic mass is 9.88. The molecule has 2 aromatic heterocycles. The van der Waals surface area contributed by atoms with Gasteiger partial charge in [0.05, 0.1) is 0 Å². The molecular formula is C17H20N2S. The summed E-state index contributed by atoms with van der Waals surface area (Å²) in [4.78, 5) is 7.36. The molecule has 2 aliphatic rings. The van der Waals surface area contributed by atoms with Crippen molar-refractivity contribution in [3.05, 3.63) is 40.8 Å². The van der Waals surface area contributed by atoms with Crippen molar-refractivity contribution >= 4 is 11.3 Å². The number of aromatic nitrogens is 1. The Labute approximate surface area is 124 Å². The van der Waals surface area contributed by atoms with Gasteiger partial charge in [-0.15, -0.1) is 0 Å². The second-order valence-corrected chi connectivity index (χ2v) is 6.98. The Morgan fingerprint density at radius 1 is 1.10 bits per heavy atom. The number of piperidine rings is 1. The van der Waals surface area contributed by atoms with Gasteiger partial charge in [0, 0.05) is 35.5 Å². The summed E-state index contributed by atoms with van der Waals surface area (Å²) >= 11 is 1.74. The molecule has 2 aliphatic heterocycles. The standard InChI is InChI=1S/C17H20N2S/c1-19-15-3-4-16(19)9-14(8-15)17-5-2-12(10-18-17)13-6-7-20-11-13/h2,5-7,10-11,14-16H,3-4,8-9H2,1H3. The fourth-order valence-electron chi connectivity index (χ4n) is 3.90. The number of rotatable bonds is 2. The second-order valence-electron chi connectivity index (χ2n) is 6.20. The van der Waals surface area contributed by atoms with Gasteiger partial charge in [0.25, 0.3) is 0 Å². The smallest absolute Gasteiger partial charge is 0.0436 e. The van der Waals surface area contributed by atoms with E-state index in [4.69, 9.17) is 4.98 Å². The molecule has 3 heteroatoms. The first kappa shape index (κ1) is 12.5. The predicted molar refractivity (Wildman–Crippen MR) is 84.1 cm³/mol. The molecule has 4 rings (SSSR count). The van der Waals surface area contributed by atoms with Crippen LogP contribution >= 0.6 is 11.3 Å². The molecule has 20 heavy (non-hydrogen) atoms. The lowest BCUT2D eigenvalue weighted by Gasteiger charge is -2.36. The van der Waals surface area contributed by atoms with Crippen molar-refractivity contribution in [3.63, 3.8) is 0 Å². The first-order valence-electron chi connectivity index (χ1n) is 7.52. The quantitative estimate of drug-likeness (QED) is 0.823. The summed E-state index contributed by atoms with van der Waals surface area (Å²) in [6.45, 7) is 0. The maximum atomic E-state index is 4.77. The molecule has 0 saturated carbocycles. The van der Waals surface area contributed by atoms with Crippen LogP contribution in [0.5, 0.6) is 0 Å². The minimum Gasteiger partial charge on any atom is -0.300 e. The van der Waals surface area contributed by atoms with Gasteiger partial charge in [-0.1, -0.05) is 6.07 Å². The highest BCUT2D eigenvalue weighted by Gasteiger charge is 2.39. The monoisotopic (exact) mass is 284 g/mol. The molecule has 2 bridgehead atoms. The van der Waals surface area contributed by atoms with Crippen molar-refractivity contribution in [2.75, 3.05) is 7.05 Å². The average molecular weight is 284 g/mol. The third-order valence-electron chi connectivity index (χ3n) is 5.16. The molecule has 0 radical (unpaired) electrons.